The van der Waals surface area contributed by atoms with Crippen molar-refractivity contribution in [3.05, 3.63) is 59.6 Å². The summed E-state index contributed by atoms with van der Waals surface area (Å²) in [6, 6.07) is 8.02. The number of nitrogens with two attached hydrogens (primary N) is 1. The molecule has 1 heterocycles. The number of hydrogen-bond donors (Lipinski definition) is 2. The number of urea groups is 1. The first-order chi connectivity index (χ1) is 16.6. The van der Waals surface area contributed by atoms with Crippen LogP contribution in [-0.2, 0) is 16.1 Å². The molecule has 35 heavy (non-hydrogen) atoms. The lowest BCUT2D eigenvalue weighted by Crippen LogP contribution is -2.58. The van der Waals surface area contributed by atoms with E-state index in [2.05, 4.69) is 4.90 Å². The molecule has 194 valence electrons. The Bertz CT molecular complexity index is 902. The van der Waals surface area contributed by atoms with E-state index in [0.29, 0.717) is 32.3 Å². The standard InChI is InChI=1S/C24H32F4N4O3/c1-2-31-8-10-32(11-9-31)16-19-14-20(25)21(30-22(29)33)15-23(19,24(26,27)28)35-13-12-34-17-18-6-4-3-5-7-18/h3-7,14-15,19H,2,8-13,16-17H2,1H3,(H3,29,30,33). The zero-order chi connectivity index (χ0) is 25.5. The van der Waals surface area contributed by atoms with Gasteiger partial charge >= 0.3 is 12.2 Å². The van der Waals surface area contributed by atoms with Crippen molar-refractivity contribution in [3.63, 3.8) is 0 Å². The summed E-state index contributed by atoms with van der Waals surface area (Å²) in [4.78, 5) is 15.4. The van der Waals surface area contributed by atoms with Crippen molar-refractivity contribution in [1.29, 1.82) is 0 Å². The molecule has 1 fully saturated rings. The highest BCUT2D eigenvalue weighted by molar-refractivity contribution is 5.75. The maximum absolute atomic E-state index is 14.7. The number of hydrogen-bond acceptors (Lipinski definition) is 5. The van der Waals surface area contributed by atoms with Gasteiger partial charge in [-0.05, 0) is 24.3 Å². The van der Waals surface area contributed by atoms with Crippen LogP contribution in [0, 0.1) is 5.92 Å². The number of carbonyl (C=O) groups is 1. The van der Waals surface area contributed by atoms with Gasteiger partial charge in [0.2, 0.25) is 0 Å². The van der Waals surface area contributed by atoms with Crippen LogP contribution in [0.4, 0.5) is 22.4 Å². The summed E-state index contributed by atoms with van der Waals surface area (Å²) >= 11 is 0. The smallest absolute Gasteiger partial charge is 0.374 e. The number of primary amides is 1. The molecule has 1 saturated heterocycles. The second kappa shape index (κ2) is 12.0. The maximum atomic E-state index is 14.7. The topological polar surface area (TPSA) is 80.1 Å². The predicted molar refractivity (Wildman–Crippen MR) is 123 cm³/mol. The van der Waals surface area contributed by atoms with E-state index in [1.54, 1.807) is 0 Å². The van der Waals surface area contributed by atoms with Crippen LogP contribution >= 0.6 is 0 Å². The molecule has 1 aliphatic heterocycles. The minimum atomic E-state index is -4.90. The Hall–Kier alpha value is -2.47. The van der Waals surface area contributed by atoms with Crippen LogP contribution in [0.5, 0.6) is 0 Å². The van der Waals surface area contributed by atoms with E-state index in [-0.39, 0.29) is 26.4 Å². The molecule has 0 bridgehead atoms. The zero-order valence-electron chi connectivity index (χ0n) is 19.7. The highest BCUT2D eigenvalue weighted by Gasteiger charge is 2.61. The van der Waals surface area contributed by atoms with Gasteiger partial charge in [-0.15, -0.1) is 0 Å². The van der Waals surface area contributed by atoms with E-state index in [4.69, 9.17) is 15.2 Å². The third kappa shape index (κ3) is 7.03. The number of likely N-dealkylation sites (N-methyl/N-ethyl adjacent to an activating group) is 1. The Labute approximate surface area is 202 Å². The summed E-state index contributed by atoms with van der Waals surface area (Å²) < 4.78 is 69.5. The van der Waals surface area contributed by atoms with Crippen molar-refractivity contribution in [2.24, 2.45) is 11.7 Å². The summed E-state index contributed by atoms with van der Waals surface area (Å²) in [6.45, 7) is 5.09. The number of carbonyl (C=O) groups excluding carboxylic acids is 1. The molecule has 11 heteroatoms. The molecule has 3 N–H and O–H groups in total. The number of rotatable bonds is 10. The number of nitrogens with one attached hydrogen (secondary N) is 1. The highest BCUT2D eigenvalue weighted by atomic mass is 19.4. The second-order valence-corrected chi connectivity index (χ2v) is 8.58. The first kappa shape index (κ1) is 27.1. The molecule has 0 spiro atoms. The highest BCUT2D eigenvalue weighted by Crippen LogP contribution is 2.46. The molecule has 2 atom stereocenters. The lowest BCUT2D eigenvalue weighted by molar-refractivity contribution is -0.275. The van der Waals surface area contributed by atoms with E-state index < -0.39 is 35.3 Å². The van der Waals surface area contributed by atoms with Crippen molar-refractivity contribution in [3.8, 4) is 0 Å². The minimum absolute atomic E-state index is 0.0598. The number of nitrogens with zero attached hydrogens (tertiary/aromatic N) is 2. The third-order valence-corrected chi connectivity index (χ3v) is 6.26. The molecule has 2 unspecified atom stereocenters. The fraction of sp³-hybridized carbons (Fsp3) is 0.542. The van der Waals surface area contributed by atoms with Crippen molar-refractivity contribution < 1.29 is 31.8 Å². The minimum Gasteiger partial charge on any atom is -0.374 e. The number of alkyl halides is 3. The van der Waals surface area contributed by atoms with E-state index in [1.807, 2.05) is 47.5 Å². The molecule has 0 aromatic heterocycles. The fourth-order valence-corrected chi connectivity index (χ4v) is 4.32. The predicted octanol–water partition coefficient (Wildman–Crippen LogP) is 3.19. The molecule has 7 nitrogen and oxygen atoms in total. The van der Waals surface area contributed by atoms with Crippen LogP contribution in [0.1, 0.15) is 12.5 Å². The Balaban J connectivity index is 1.77. The molecule has 1 aromatic rings. The summed E-state index contributed by atoms with van der Waals surface area (Å²) in [5, 5.41) is 1.94. The number of benzene rings is 1. The fourth-order valence-electron chi connectivity index (χ4n) is 4.32. The van der Waals surface area contributed by atoms with Crippen molar-refractivity contribution >= 4 is 6.03 Å². The van der Waals surface area contributed by atoms with Crippen LogP contribution in [0.15, 0.2) is 54.0 Å². The lowest BCUT2D eigenvalue weighted by Gasteiger charge is -2.44. The van der Waals surface area contributed by atoms with Crippen LogP contribution in [0.2, 0.25) is 0 Å². The van der Waals surface area contributed by atoms with E-state index in [1.165, 1.54) is 0 Å². The van der Waals surface area contributed by atoms with Gasteiger partial charge in [-0.2, -0.15) is 13.2 Å². The molecule has 2 aliphatic rings. The van der Waals surface area contributed by atoms with Gasteiger partial charge < -0.3 is 30.3 Å². The number of halogens is 4. The molecule has 1 aromatic carbocycles. The Morgan fingerprint density at radius 3 is 2.40 bits per heavy atom. The zero-order valence-corrected chi connectivity index (χ0v) is 19.7. The van der Waals surface area contributed by atoms with Crippen molar-refractivity contribution in [2.75, 3.05) is 52.5 Å². The normalized spacial score (nSPS) is 24.1. The van der Waals surface area contributed by atoms with Crippen LogP contribution in [0.3, 0.4) is 0 Å². The largest absolute Gasteiger partial charge is 0.421 e. The first-order valence-electron chi connectivity index (χ1n) is 11.6. The van der Waals surface area contributed by atoms with Crippen LogP contribution in [0.25, 0.3) is 0 Å². The molecule has 2 amide bonds. The quantitative estimate of drug-likeness (QED) is 0.381. The number of piperazine rings is 1. The summed E-state index contributed by atoms with van der Waals surface area (Å²) in [5.74, 6) is -2.35. The van der Waals surface area contributed by atoms with Crippen molar-refractivity contribution in [1.82, 2.24) is 15.1 Å². The van der Waals surface area contributed by atoms with Gasteiger partial charge in [0.25, 0.3) is 0 Å². The monoisotopic (exact) mass is 500 g/mol. The summed E-state index contributed by atoms with van der Waals surface area (Å²) in [5.41, 5.74) is 2.40. The third-order valence-electron chi connectivity index (χ3n) is 6.26. The van der Waals surface area contributed by atoms with E-state index in [0.717, 1.165) is 18.2 Å². The van der Waals surface area contributed by atoms with Gasteiger partial charge in [-0.1, -0.05) is 37.3 Å². The van der Waals surface area contributed by atoms with Crippen LogP contribution < -0.4 is 11.1 Å². The molecular weight excluding hydrogens is 468 g/mol. The molecule has 3 rings (SSSR count). The lowest BCUT2D eigenvalue weighted by atomic mass is 9.80. The maximum Gasteiger partial charge on any atom is 0.421 e. The SMILES string of the molecule is CCN1CCN(CC2C=C(F)C(NC(N)=O)=CC2(OCCOCc2ccccc2)C(F)(F)F)CC1. The molecule has 0 saturated carbocycles. The van der Waals surface area contributed by atoms with Gasteiger partial charge in [0.15, 0.2) is 5.60 Å². The van der Waals surface area contributed by atoms with Gasteiger partial charge in [-0.3, -0.25) is 0 Å². The van der Waals surface area contributed by atoms with Gasteiger partial charge in [0.05, 0.1) is 25.5 Å². The number of ether oxygens (including phenoxy) is 2. The van der Waals surface area contributed by atoms with E-state index in [9.17, 15) is 22.4 Å². The summed E-state index contributed by atoms with van der Waals surface area (Å²) in [7, 11) is 0. The van der Waals surface area contributed by atoms with Gasteiger partial charge in [-0.25, -0.2) is 9.18 Å². The van der Waals surface area contributed by atoms with Crippen LogP contribution in [-0.4, -0.2) is 80.1 Å². The Morgan fingerprint density at radius 2 is 1.80 bits per heavy atom. The molecule has 1 aliphatic carbocycles. The Kier molecular flexibility index (Phi) is 9.28. The molecule has 0 radical (unpaired) electrons. The number of amides is 2. The van der Waals surface area contributed by atoms with Gasteiger partial charge in [0.1, 0.15) is 5.83 Å². The van der Waals surface area contributed by atoms with Gasteiger partial charge in [0, 0.05) is 38.6 Å². The average Bonchev–Trinajstić information content (AvgIpc) is 2.81. The Morgan fingerprint density at radius 1 is 1.14 bits per heavy atom. The van der Waals surface area contributed by atoms with Crippen molar-refractivity contribution in [2.45, 2.75) is 25.3 Å². The second-order valence-electron chi connectivity index (χ2n) is 8.58. The number of allylic oxidation sites excluding steroid dienone is 1. The van der Waals surface area contributed by atoms with E-state index >= 15 is 0 Å². The average molecular weight is 501 g/mol. The first-order valence-corrected chi connectivity index (χ1v) is 11.6. The summed E-state index contributed by atoms with van der Waals surface area (Å²) in [6.07, 6.45) is -3.43. The molecular formula is C24H32F4N4O3.